The number of rotatable bonds is 9. The van der Waals surface area contributed by atoms with Gasteiger partial charge in [-0.3, -0.25) is 18.9 Å². The number of thiocarbonyl (C=S) groups is 1. The second kappa shape index (κ2) is 12.5. The first-order chi connectivity index (χ1) is 19.4. The van der Waals surface area contributed by atoms with Crippen LogP contribution in [-0.2, 0) is 4.79 Å². The van der Waals surface area contributed by atoms with Crippen LogP contribution in [0.2, 0.25) is 0 Å². The van der Waals surface area contributed by atoms with E-state index in [1.165, 1.54) is 36.7 Å². The molecule has 2 aliphatic rings. The molecule has 2 fully saturated rings. The van der Waals surface area contributed by atoms with Gasteiger partial charge in [-0.15, -0.1) is 0 Å². The fraction of sp³-hybridized carbons (Fsp3) is 0.400. The number of carbonyl (C=O) groups is 1. The van der Waals surface area contributed by atoms with E-state index >= 15 is 0 Å². The number of hydrogen-bond donors (Lipinski definition) is 0. The van der Waals surface area contributed by atoms with Crippen LogP contribution in [0.1, 0.15) is 50.2 Å². The summed E-state index contributed by atoms with van der Waals surface area (Å²) in [5.74, 6) is 0.161. The van der Waals surface area contributed by atoms with Gasteiger partial charge in [0, 0.05) is 44.6 Å². The summed E-state index contributed by atoms with van der Waals surface area (Å²) >= 11 is 6.80. The minimum Gasteiger partial charge on any atom is -0.368 e. The Morgan fingerprint density at radius 2 is 1.68 bits per heavy atom. The third-order valence-corrected chi connectivity index (χ3v) is 8.77. The first-order valence-electron chi connectivity index (χ1n) is 13.9. The number of nitrogens with zero attached hydrogens (tertiary/aromatic N) is 5. The van der Waals surface area contributed by atoms with Gasteiger partial charge >= 0.3 is 0 Å². The largest absolute Gasteiger partial charge is 0.368 e. The molecule has 0 bridgehead atoms. The number of fused-ring (bicyclic) bond motifs is 1. The van der Waals surface area contributed by atoms with Crippen LogP contribution in [0.5, 0.6) is 0 Å². The molecule has 10 heteroatoms. The quantitative estimate of drug-likeness (QED) is 0.185. The maximum atomic E-state index is 13.8. The van der Waals surface area contributed by atoms with Gasteiger partial charge in [0.15, 0.2) is 0 Å². The number of benzene rings is 1. The standard InChI is InChI=1S/C30H34FN5O2S2/c1-3-4-5-6-7-14-35-29(38)25(40-30(35)39)19-24-27(32-26-13-8-21(2)20-36(26)28(24)37)34-17-15-33(16-18-34)23-11-9-22(31)10-12-23/h8-13,19-20H,3-7,14-18H2,1-2H3. The third-order valence-electron chi connectivity index (χ3n) is 7.39. The minimum atomic E-state index is -0.259. The van der Waals surface area contributed by atoms with E-state index in [1.54, 1.807) is 33.7 Å². The van der Waals surface area contributed by atoms with E-state index in [1.807, 2.05) is 19.1 Å². The number of halogens is 1. The van der Waals surface area contributed by atoms with Crippen molar-refractivity contribution < 1.29 is 9.18 Å². The monoisotopic (exact) mass is 579 g/mol. The molecule has 3 aromatic rings. The van der Waals surface area contributed by atoms with E-state index in [4.69, 9.17) is 17.2 Å². The van der Waals surface area contributed by atoms with E-state index in [0.717, 1.165) is 30.5 Å². The number of amides is 1. The Morgan fingerprint density at radius 3 is 2.40 bits per heavy atom. The van der Waals surface area contributed by atoms with Gasteiger partial charge in [-0.05, 0) is 55.3 Å². The van der Waals surface area contributed by atoms with E-state index in [2.05, 4.69) is 16.7 Å². The number of hydrogen-bond acceptors (Lipinski definition) is 7. The Morgan fingerprint density at radius 1 is 0.975 bits per heavy atom. The molecule has 2 saturated heterocycles. The van der Waals surface area contributed by atoms with Crippen molar-refractivity contribution in [3.63, 3.8) is 0 Å². The number of anilines is 2. The highest BCUT2D eigenvalue weighted by atomic mass is 32.2. The highest BCUT2D eigenvalue weighted by Gasteiger charge is 2.33. The molecule has 0 unspecified atom stereocenters. The fourth-order valence-electron chi connectivity index (χ4n) is 5.14. The summed E-state index contributed by atoms with van der Waals surface area (Å²) in [5.41, 5.74) is 2.64. The summed E-state index contributed by atoms with van der Waals surface area (Å²) in [6, 6.07) is 10.3. The van der Waals surface area contributed by atoms with Crippen LogP contribution in [-0.4, -0.2) is 57.2 Å². The topological polar surface area (TPSA) is 61.2 Å². The van der Waals surface area contributed by atoms with Crippen molar-refractivity contribution in [1.29, 1.82) is 0 Å². The lowest BCUT2D eigenvalue weighted by Crippen LogP contribution is -2.47. The molecule has 40 heavy (non-hydrogen) atoms. The van der Waals surface area contributed by atoms with Crippen LogP contribution >= 0.6 is 24.0 Å². The maximum absolute atomic E-state index is 13.8. The number of carbonyl (C=O) groups excluding carboxylic acids is 1. The highest BCUT2D eigenvalue weighted by Crippen LogP contribution is 2.34. The third kappa shape index (κ3) is 6.07. The predicted molar refractivity (Wildman–Crippen MR) is 166 cm³/mol. The van der Waals surface area contributed by atoms with E-state index in [-0.39, 0.29) is 17.3 Å². The number of thioether (sulfide) groups is 1. The number of piperazine rings is 1. The molecular weight excluding hydrogens is 545 g/mol. The molecule has 0 spiro atoms. The molecule has 1 aromatic carbocycles. The summed E-state index contributed by atoms with van der Waals surface area (Å²) < 4.78 is 15.5. The normalized spacial score (nSPS) is 17.1. The molecule has 7 nitrogen and oxygen atoms in total. The van der Waals surface area contributed by atoms with Crippen molar-refractivity contribution in [3.8, 4) is 0 Å². The van der Waals surface area contributed by atoms with Crippen molar-refractivity contribution in [2.24, 2.45) is 0 Å². The van der Waals surface area contributed by atoms with Crippen LogP contribution in [0, 0.1) is 12.7 Å². The van der Waals surface area contributed by atoms with E-state index < -0.39 is 0 Å². The first kappa shape index (κ1) is 28.3. The molecular formula is C30H34FN5O2S2. The Bertz CT molecular complexity index is 1500. The second-order valence-electron chi connectivity index (χ2n) is 10.3. The average Bonchev–Trinajstić information content (AvgIpc) is 3.22. The number of unbranched alkanes of at least 4 members (excludes halogenated alkanes) is 4. The van der Waals surface area contributed by atoms with E-state index in [0.29, 0.717) is 59.0 Å². The molecule has 0 radical (unpaired) electrons. The molecule has 5 rings (SSSR count). The fourth-order valence-corrected chi connectivity index (χ4v) is 6.43. The molecule has 2 aromatic heterocycles. The summed E-state index contributed by atoms with van der Waals surface area (Å²) in [5, 5.41) is 0. The summed E-state index contributed by atoms with van der Waals surface area (Å²) in [6.07, 6.45) is 8.94. The molecule has 0 saturated carbocycles. The maximum Gasteiger partial charge on any atom is 0.267 e. The summed E-state index contributed by atoms with van der Waals surface area (Å²) in [6.45, 7) is 7.35. The smallest absolute Gasteiger partial charge is 0.267 e. The zero-order valence-corrected chi connectivity index (χ0v) is 24.6. The molecule has 0 aliphatic carbocycles. The van der Waals surface area contributed by atoms with Gasteiger partial charge in [0.1, 0.15) is 21.6 Å². The van der Waals surface area contributed by atoms with Crippen molar-refractivity contribution in [1.82, 2.24) is 14.3 Å². The Hall–Kier alpha value is -3.24. The zero-order valence-electron chi connectivity index (χ0n) is 22.9. The number of aryl methyl sites for hydroxylation is 1. The van der Waals surface area contributed by atoms with Gasteiger partial charge in [-0.25, -0.2) is 9.37 Å². The van der Waals surface area contributed by atoms with Crippen LogP contribution in [0.4, 0.5) is 15.9 Å². The van der Waals surface area contributed by atoms with Crippen molar-refractivity contribution in [2.45, 2.75) is 46.0 Å². The summed E-state index contributed by atoms with van der Waals surface area (Å²) in [4.78, 5) is 38.5. The van der Waals surface area contributed by atoms with Crippen LogP contribution in [0.25, 0.3) is 11.7 Å². The number of pyridine rings is 1. The van der Waals surface area contributed by atoms with Gasteiger partial charge in [-0.2, -0.15) is 0 Å². The summed E-state index contributed by atoms with van der Waals surface area (Å²) in [7, 11) is 0. The zero-order chi connectivity index (χ0) is 28.2. The lowest BCUT2D eigenvalue weighted by molar-refractivity contribution is -0.122. The van der Waals surface area contributed by atoms with Gasteiger partial charge < -0.3 is 9.80 Å². The molecule has 0 N–H and O–H groups in total. The Balaban J connectivity index is 1.43. The lowest BCUT2D eigenvalue weighted by atomic mass is 10.1. The molecule has 2 aliphatic heterocycles. The molecule has 0 atom stereocenters. The van der Waals surface area contributed by atoms with Gasteiger partial charge in [-0.1, -0.05) is 62.7 Å². The van der Waals surface area contributed by atoms with Crippen LogP contribution < -0.4 is 15.4 Å². The van der Waals surface area contributed by atoms with Crippen molar-refractivity contribution in [2.75, 3.05) is 42.5 Å². The van der Waals surface area contributed by atoms with Crippen molar-refractivity contribution in [3.05, 3.63) is 74.8 Å². The first-order valence-corrected chi connectivity index (χ1v) is 15.1. The predicted octanol–water partition coefficient (Wildman–Crippen LogP) is 5.64. The van der Waals surface area contributed by atoms with Crippen LogP contribution in [0.15, 0.2) is 52.3 Å². The average molecular weight is 580 g/mol. The van der Waals surface area contributed by atoms with Crippen molar-refractivity contribution >= 4 is 57.4 Å². The highest BCUT2D eigenvalue weighted by molar-refractivity contribution is 8.26. The van der Waals surface area contributed by atoms with E-state index in [9.17, 15) is 14.0 Å². The van der Waals surface area contributed by atoms with Gasteiger partial charge in [0.25, 0.3) is 11.5 Å². The SMILES string of the molecule is CCCCCCCN1C(=O)C(=Cc2c(N3CCN(c4ccc(F)cc4)CC3)nc3ccc(C)cn3c2=O)SC1=S. The molecule has 210 valence electrons. The number of aromatic nitrogens is 2. The minimum absolute atomic E-state index is 0.147. The Labute approximate surface area is 243 Å². The molecule has 4 heterocycles. The second-order valence-corrected chi connectivity index (χ2v) is 12.0. The van der Waals surface area contributed by atoms with Gasteiger partial charge in [0.2, 0.25) is 0 Å². The van der Waals surface area contributed by atoms with Crippen LogP contribution in [0.3, 0.4) is 0 Å². The molecule has 1 amide bonds. The van der Waals surface area contributed by atoms with Gasteiger partial charge in [0.05, 0.1) is 10.5 Å². The Kier molecular flexibility index (Phi) is 8.85. The lowest BCUT2D eigenvalue weighted by Gasteiger charge is -2.37.